The van der Waals surface area contributed by atoms with E-state index >= 15 is 0 Å². The van der Waals surface area contributed by atoms with Gasteiger partial charge in [-0.2, -0.15) is 0 Å². The Balaban J connectivity index is 1.70. The molecule has 0 spiro atoms. The molecule has 132 valence electrons. The zero-order valence-corrected chi connectivity index (χ0v) is 15.7. The van der Waals surface area contributed by atoms with E-state index in [-0.39, 0.29) is 17.6 Å². The largest absolute Gasteiger partial charge is 0.444 e. The summed E-state index contributed by atoms with van der Waals surface area (Å²) in [5.41, 5.74) is 1.17. The van der Waals surface area contributed by atoms with Crippen molar-refractivity contribution in [1.82, 2.24) is 4.90 Å². The third-order valence-corrected chi connectivity index (χ3v) is 4.97. The van der Waals surface area contributed by atoms with Gasteiger partial charge in [-0.05, 0) is 65.0 Å². The molecule has 3 rings (SSSR count). The van der Waals surface area contributed by atoms with Gasteiger partial charge in [0, 0.05) is 24.3 Å². The Morgan fingerprint density at radius 2 is 2.16 bits per heavy atom. The average Bonchev–Trinajstić information content (AvgIpc) is 3.08. The summed E-state index contributed by atoms with van der Waals surface area (Å²) in [6, 6.07) is 10.3. The maximum Gasteiger partial charge on any atom is 0.291 e. The fraction of sp³-hybridized carbons (Fsp3) is 0.368. The minimum Gasteiger partial charge on any atom is -0.444 e. The number of nitrogens with zero attached hydrogens (tertiary/aromatic N) is 1. The number of anilines is 1. The minimum atomic E-state index is -0.348. The van der Waals surface area contributed by atoms with Crippen LogP contribution in [0, 0.1) is 5.92 Å². The van der Waals surface area contributed by atoms with Gasteiger partial charge in [-0.3, -0.25) is 9.59 Å². The number of carbonyl (C=O) groups excluding carboxylic acids is 2. The van der Waals surface area contributed by atoms with Crippen molar-refractivity contribution in [3.63, 3.8) is 0 Å². The Morgan fingerprint density at radius 3 is 2.88 bits per heavy atom. The lowest BCUT2D eigenvalue weighted by Crippen LogP contribution is -2.39. The number of carbonyl (C=O) groups is 2. The monoisotopic (exact) mass is 404 g/mol. The normalized spacial score (nSPS) is 17.4. The van der Waals surface area contributed by atoms with Gasteiger partial charge in [0.05, 0.1) is 0 Å². The van der Waals surface area contributed by atoms with Crippen LogP contribution in [-0.2, 0) is 0 Å². The fourth-order valence-corrected chi connectivity index (χ4v) is 3.43. The molecule has 6 heteroatoms. The van der Waals surface area contributed by atoms with E-state index < -0.39 is 0 Å². The van der Waals surface area contributed by atoms with Gasteiger partial charge in [0.15, 0.2) is 10.4 Å². The van der Waals surface area contributed by atoms with E-state index in [1.165, 1.54) is 6.42 Å². The van der Waals surface area contributed by atoms with E-state index in [9.17, 15) is 9.59 Å². The van der Waals surface area contributed by atoms with E-state index in [1.807, 2.05) is 4.90 Å². The van der Waals surface area contributed by atoms with Crippen LogP contribution in [0.5, 0.6) is 0 Å². The number of halogens is 1. The molecule has 1 fully saturated rings. The highest BCUT2D eigenvalue weighted by molar-refractivity contribution is 9.10. The third kappa shape index (κ3) is 4.31. The van der Waals surface area contributed by atoms with Crippen molar-refractivity contribution < 1.29 is 14.0 Å². The van der Waals surface area contributed by atoms with Gasteiger partial charge in [-0.1, -0.05) is 19.4 Å². The van der Waals surface area contributed by atoms with Crippen molar-refractivity contribution in [2.24, 2.45) is 5.92 Å². The van der Waals surface area contributed by atoms with Crippen LogP contribution < -0.4 is 5.32 Å². The predicted molar refractivity (Wildman–Crippen MR) is 99.7 cm³/mol. The van der Waals surface area contributed by atoms with Gasteiger partial charge in [-0.15, -0.1) is 0 Å². The smallest absolute Gasteiger partial charge is 0.291 e. The van der Waals surface area contributed by atoms with Gasteiger partial charge in [0.2, 0.25) is 0 Å². The lowest BCUT2D eigenvalue weighted by Gasteiger charge is -2.32. The van der Waals surface area contributed by atoms with Crippen molar-refractivity contribution in [1.29, 1.82) is 0 Å². The molecule has 0 radical (unpaired) electrons. The summed E-state index contributed by atoms with van der Waals surface area (Å²) in [4.78, 5) is 26.9. The molecule has 1 aromatic heterocycles. The zero-order chi connectivity index (χ0) is 17.8. The van der Waals surface area contributed by atoms with E-state index in [0.29, 0.717) is 21.8 Å². The van der Waals surface area contributed by atoms with Crippen molar-refractivity contribution in [3.05, 3.63) is 52.4 Å². The highest BCUT2D eigenvalue weighted by atomic mass is 79.9. The quantitative estimate of drug-likeness (QED) is 0.812. The molecule has 0 saturated carbocycles. The van der Waals surface area contributed by atoms with Crippen molar-refractivity contribution >= 4 is 33.4 Å². The summed E-state index contributed by atoms with van der Waals surface area (Å²) in [6.45, 7) is 3.78. The first-order chi connectivity index (χ1) is 12.1. The SMILES string of the molecule is CCC1CCCN(C(=O)c2cccc(NC(=O)c3ccc(Br)o3)c2)C1. The van der Waals surface area contributed by atoms with Gasteiger partial charge in [0.25, 0.3) is 11.8 Å². The number of hydrogen-bond donors (Lipinski definition) is 1. The Hall–Kier alpha value is -2.08. The first kappa shape index (κ1) is 17.7. The van der Waals surface area contributed by atoms with Crippen molar-refractivity contribution in [2.75, 3.05) is 18.4 Å². The zero-order valence-electron chi connectivity index (χ0n) is 14.1. The molecule has 2 heterocycles. The molecule has 2 amide bonds. The van der Waals surface area contributed by atoms with Crippen LogP contribution in [0.3, 0.4) is 0 Å². The molecule has 25 heavy (non-hydrogen) atoms. The Morgan fingerprint density at radius 1 is 1.32 bits per heavy atom. The fourth-order valence-electron chi connectivity index (χ4n) is 3.12. The lowest BCUT2D eigenvalue weighted by molar-refractivity contribution is 0.0671. The number of furan rings is 1. The lowest BCUT2D eigenvalue weighted by atomic mass is 9.95. The minimum absolute atomic E-state index is 0.0231. The molecule has 1 aliphatic heterocycles. The first-order valence-corrected chi connectivity index (χ1v) is 9.32. The standard InChI is InChI=1S/C19H21BrN2O3/c1-2-13-5-4-10-22(12-13)19(24)14-6-3-7-15(11-14)21-18(23)16-8-9-17(20)25-16/h3,6-9,11,13H,2,4-5,10,12H2,1H3,(H,21,23). The number of rotatable bonds is 4. The molecule has 5 nitrogen and oxygen atoms in total. The summed E-state index contributed by atoms with van der Waals surface area (Å²) < 4.78 is 5.74. The molecule has 1 aromatic carbocycles. The Labute approximate surface area is 155 Å². The van der Waals surface area contributed by atoms with E-state index in [0.717, 1.165) is 25.9 Å². The highest BCUT2D eigenvalue weighted by Crippen LogP contribution is 2.22. The average molecular weight is 405 g/mol. The van der Waals surface area contributed by atoms with E-state index in [2.05, 4.69) is 28.2 Å². The summed E-state index contributed by atoms with van der Waals surface area (Å²) in [7, 11) is 0. The predicted octanol–water partition coefficient (Wildman–Crippen LogP) is 4.56. The van der Waals surface area contributed by atoms with Crippen LogP contribution in [0.1, 0.15) is 47.1 Å². The Kier molecular flexibility index (Phi) is 5.58. The number of piperidine rings is 1. The maximum absolute atomic E-state index is 12.8. The summed E-state index contributed by atoms with van der Waals surface area (Å²) >= 11 is 3.17. The molecule has 1 atom stereocenters. The summed E-state index contributed by atoms with van der Waals surface area (Å²) in [6.07, 6.45) is 3.34. The Bertz CT molecular complexity index is 772. The van der Waals surface area contributed by atoms with Gasteiger partial charge in [-0.25, -0.2) is 0 Å². The third-order valence-electron chi connectivity index (χ3n) is 4.55. The van der Waals surface area contributed by atoms with E-state index in [1.54, 1.807) is 36.4 Å². The molecular formula is C19H21BrN2O3. The molecule has 2 aromatic rings. The van der Waals surface area contributed by atoms with E-state index in [4.69, 9.17) is 4.42 Å². The molecule has 1 unspecified atom stereocenters. The van der Waals surface area contributed by atoms with Crippen LogP contribution in [0.25, 0.3) is 0 Å². The van der Waals surface area contributed by atoms with Crippen molar-refractivity contribution in [2.45, 2.75) is 26.2 Å². The van der Waals surface area contributed by atoms with Crippen LogP contribution in [0.2, 0.25) is 0 Å². The van der Waals surface area contributed by atoms with Gasteiger partial charge < -0.3 is 14.6 Å². The van der Waals surface area contributed by atoms with Crippen LogP contribution in [-0.4, -0.2) is 29.8 Å². The number of likely N-dealkylation sites (tertiary alicyclic amines) is 1. The number of benzene rings is 1. The maximum atomic E-state index is 12.8. The summed E-state index contributed by atoms with van der Waals surface area (Å²) in [5.74, 6) is 0.470. The second kappa shape index (κ2) is 7.87. The summed E-state index contributed by atoms with van der Waals surface area (Å²) in [5, 5.41) is 2.77. The highest BCUT2D eigenvalue weighted by Gasteiger charge is 2.23. The van der Waals surface area contributed by atoms with Crippen molar-refractivity contribution in [3.8, 4) is 0 Å². The molecule has 0 aliphatic carbocycles. The second-order valence-corrected chi connectivity index (χ2v) is 7.09. The number of nitrogens with one attached hydrogen (secondary N) is 1. The van der Waals surface area contributed by atoms with Gasteiger partial charge in [0.1, 0.15) is 0 Å². The molecule has 0 bridgehead atoms. The molecule has 1 N–H and O–H groups in total. The molecule has 1 saturated heterocycles. The number of hydrogen-bond acceptors (Lipinski definition) is 3. The number of amides is 2. The van der Waals surface area contributed by atoms with Crippen LogP contribution in [0.4, 0.5) is 5.69 Å². The van der Waals surface area contributed by atoms with Crippen LogP contribution in [0.15, 0.2) is 45.5 Å². The molecular weight excluding hydrogens is 384 g/mol. The van der Waals surface area contributed by atoms with Crippen LogP contribution >= 0.6 is 15.9 Å². The van der Waals surface area contributed by atoms with Gasteiger partial charge >= 0.3 is 0 Å². The second-order valence-electron chi connectivity index (χ2n) is 6.31. The topological polar surface area (TPSA) is 62.6 Å². The first-order valence-electron chi connectivity index (χ1n) is 8.53. The molecule has 1 aliphatic rings.